The fourth-order valence-electron chi connectivity index (χ4n) is 1.24. The molecular formula is C8H16N2O3. The predicted octanol–water partition coefficient (Wildman–Crippen LogP) is -0.543. The second-order valence-electron chi connectivity index (χ2n) is 3.00. The number of hydrogen-bond donors (Lipinski definition) is 3. The molecule has 2 amide bonds. The van der Waals surface area contributed by atoms with E-state index in [-0.39, 0.29) is 25.3 Å². The first-order valence-electron chi connectivity index (χ1n) is 4.57. The molecule has 5 heteroatoms. The van der Waals surface area contributed by atoms with Crippen LogP contribution in [0.3, 0.4) is 0 Å². The van der Waals surface area contributed by atoms with Crippen LogP contribution in [0.25, 0.3) is 0 Å². The van der Waals surface area contributed by atoms with Gasteiger partial charge in [0.05, 0.1) is 12.7 Å². The van der Waals surface area contributed by atoms with Crippen molar-refractivity contribution in [2.45, 2.75) is 18.9 Å². The molecule has 0 aromatic carbocycles. The molecule has 1 saturated heterocycles. The van der Waals surface area contributed by atoms with E-state index in [4.69, 9.17) is 9.84 Å². The summed E-state index contributed by atoms with van der Waals surface area (Å²) in [5.41, 5.74) is 0. The summed E-state index contributed by atoms with van der Waals surface area (Å²) in [6.07, 6.45) is 2.25. The van der Waals surface area contributed by atoms with Crippen LogP contribution in [0.15, 0.2) is 0 Å². The van der Waals surface area contributed by atoms with Gasteiger partial charge in [-0.1, -0.05) is 0 Å². The lowest BCUT2D eigenvalue weighted by atomic mass is 10.2. The van der Waals surface area contributed by atoms with Crippen LogP contribution in [0, 0.1) is 0 Å². The van der Waals surface area contributed by atoms with Crippen molar-refractivity contribution in [3.05, 3.63) is 0 Å². The van der Waals surface area contributed by atoms with Crippen molar-refractivity contribution in [1.82, 2.24) is 10.6 Å². The van der Waals surface area contributed by atoms with Crippen molar-refractivity contribution < 1.29 is 14.6 Å². The van der Waals surface area contributed by atoms with Gasteiger partial charge in [0.25, 0.3) is 0 Å². The number of nitrogens with one attached hydrogen (secondary N) is 2. The molecule has 1 aliphatic rings. The highest BCUT2D eigenvalue weighted by Gasteiger charge is 2.15. The van der Waals surface area contributed by atoms with Crippen LogP contribution in [0.2, 0.25) is 0 Å². The molecular weight excluding hydrogens is 172 g/mol. The molecule has 3 N–H and O–H groups in total. The first kappa shape index (κ1) is 10.3. The van der Waals surface area contributed by atoms with Gasteiger partial charge in [-0.2, -0.15) is 0 Å². The third-order valence-corrected chi connectivity index (χ3v) is 1.91. The van der Waals surface area contributed by atoms with E-state index in [1.54, 1.807) is 0 Å². The van der Waals surface area contributed by atoms with E-state index >= 15 is 0 Å². The van der Waals surface area contributed by atoms with Gasteiger partial charge in [0, 0.05) is 19.7 Å². The van der Waals surface area contributed by atoms with Crippen molar-refractivity contribution in [2.24, 2.45) is 0 Å². The second-order valence-corrected chi connectivity index (χ2v) is 3.00. The first-order chi connectivity index (χ1) is 6.33. The topological polar surface area (TPSA) is 70.6 Å². The zero-order valence-electron chi connectivity index (χ0n) is 7.58. The number of amides is 2. The predicted molar refractivity (Wildman–Crippen MR) is 47.5 cm³/mol. The van der Waals surface area contributed by atoms with Gasteiger partial charge in [0.2, 0.25) is 0 Å². The Labute approximate surface area is 77.5 Å². The molecule has 76 valence electrons. The van der Waals surface area contributed by atoms with Crippen LogP contribution in [0.4, 0.5) is 4.79 Å². The normalized spacial score (nSPS) is 21.5. The van der Waals surface area contributed by atoms with Gasteiger partial charge in [-0.3, -0.25) is 0 Å². The number of hydrogen-bond acceptors (Lipinski definition) is 3. The summed E-state index contributed by atoms with van der Waals surface area (Å²) in [4.78, 5) is 11.0. The summed E-state index contributed by atoms with van der Waals surface area (Å²) in [5.74, 6) is 0. The molecule has 1 atom stereocenters. The van der Waals surface area contributed by atoms with E-state index in [9.17, 15) is 4.79 Å². The van der Waals surface area contributed by atoms with Gasteiger partial charge in [-0.25, -0.2) is 4.79 Å². The van der Waals surface area contributed by atoms with Gasteiger partial charge in [0.15, 0.2) is 0 Å². The molecule has 0 spiro atoms. The van der Waals surface area contributed by atoms with E-state index in [1.165, 1.54) is 0 Å². The molecule has 13 heavy (non-hydrogen) atoms. The Morgan fingerprint density at radius 2 is 2.38 bits per heavy atom. The summed E-state index contributed by atoms with van der Waals surface area (Å²) < 4.78 is 5.32. The van der Waals surface area contributed by atoms with Gasteiger partial charge in [-0.15, -0.1) is 0 Å². The SMILES string of the molecule is O=C(NCCO)NCC1CCCO1. The molecule has 0 aromatic rings. The first-order valence-corrected chi connectivity index (χ1v) is 4.57. The van der Waals surface area contributed by atoms with Crippen LogP contribution in [0.5, 0.6) is 0 Å². The highest BCUT2D eigenvalue weighted by Crippen LogP contribution is 2.10. The molecule has 0 radical (unpaired) electrons. The number of aliphatic hydroxyl groups is 1. The highest BCUT2D eigenvalue weighted by atomic mass is 16.5. The zero-order valence-corrected chi connectivity index (χ0v) is 7.58. The van der Waals surface area contributed by atoms with Crippen LogP contribution in [-0.4, -0.2) is 43.5 Å². The van der Waals surface area contributed by atoms with Gasteiger partial charge >= 0.3 is 6.03 Å². The number of rotatable bonds is 4. The quantitative estimate of drug-likeness (QED) is 0.554. The molecule has 5 nitrogen and oxygen atoms in total. The Kier molecular flexibility index (Phi) is 4.56. The number of aliphatic hydroxyl groups excluding tert-OH is 1. The van der Waals surface area contributed by atoms with Crippen molar-refractivity contribution >= 4 is 6.03 Å². The Bertz CT molecular complexity index is 157. The highest BCUT2D eigenvalue weighted by molar-refractivity contribution is 5.73. The zero-order chi connectivity index (χ0) is 9.52. The molecule has 0 aromatic heterocycles. The molecule has 1 rings (SSSR count). The Hall–Kier alpha value is -0.810. The number of ether oxygens (including phenoxy) is 1. The molecule has 0 bridgehead atoms. The molecule has 1 aliphatic heterocycles. The van der Waals surface area contributed by atoms with Gasteiger partial charge < -0.3 is 20.5 Å². The van der Waals surface area contributed by atoms with E-state index in [2.05, 4.69) is 10.6 Å². The van der Waals surface area contributed by atoms with E-state index < -0.39 is 0 Å². The van der Waals surface area contributed by atoms with E-state index in [1.807, 2.05) is 0 Å². The van der Waals surface area contributed by atoms with Crippen molar-refractivity contribution in [3.63, 3.8) is 0 Å². The summed E-state index contributed by atoms with van der Waals surface area (Å²) >= 11 is 0. The summed E-state index contributed by atoms with van der Waals surface area (Å²) in [7, 11) is 0. The van der Waals surface area contributed by atoms with Crippen LogP contribution in [-0.2, 0) is 4.74 Å². The third-order valence-electron chi connectivity index (χ3n) is 1.91. The second kappa shape index (κ2) is 5.77. The number of urea groups is 1. The number of carbonyl (C=O) groups is 1. The molecule has 0 aliphatic carbocycles. The smallest absolute Gasteiger partial charge is 0.314 e. The minimum Gasteiger partial charge on any atom is -0.395 e. The van der Waals surface area contributed by atoms with Crippen molar-refractivity contribution in [3.8, 4) is 0 Å². The minimum absolute atomic E-state index is 0.0344. The Morgan fingerprint density at radius 1 is 1.54 bits per heavy atom. The standard InChI is InChI=1S/C8H16N2O3/c11-4-3-9-8(12)10-6-7-2-1-5-13-7/h7,11H,1-6H2,(H2,9,10,12). The van der Waals surface area contributed by atoms with E-state index in [0.29, 0.717) is 6.54 Å². The van der Waals surface area contributed by atoms with Crippen molar-refractivity contribution in [2.75, 3.05) is 26.3 Å². The van der Waals surface area contributed by atoms with Crippen molar-refractivity contribution in [1.29, 1.82) is 0 Å². The van der Waals surface area contributed by atoms with Crippen LogP contribution < -0.4 is 10.6 Å². The maximum atomic E-state index is 11.0. The van der Waals surface area contributed by atoms with Crippen LogP contribution in [0.1, 0.15) is 12.8 Å². The third kappa shape index (κ3) is 4.10. The monoisotopic (exact) mass is 188 g/mol. The van der Waals surface area contributed by atoms with Crippen LogP contribution >= 0.6 is 0 Å². The molecule has 1 unspecified atom stereocenters. The largest absolute Gasteiger partial charge is 0.395 e. The maximum absolute atomic E-state index is 11.0. The average Bonchev–Trinajstić information content (AvgIpc) is 2.64. The molecule has 1 heterocycles. The molecule has 1 fully saturated rings. The van der Waals surface area contributed by atoms with Gasteiger partial charge in [0.1, 0.15) is 0 Å². The Morgan fingerprint density at radius 3 is 3.00 bits per heavy atom. The fraction of sp³-hybridized carbons (Fsp3) is 0.875. The average molecular weight is 188 g/mol. The molecule has 0 saturated carbocycles. The fourth-order valence-corrected chi connectivity index (χ4v) is 1.24. The lowest BCUT2D eigenvalue weighted by molar-refractivity contribution is 0.111. The summed E-state index contributed by atoms with van der Waals surface area (Å²) in [5, 5.41) is 13.6. The number of carbonyl (C=O) groups excluding carboxylic acids is 1. The summed E-state index contributed by atoms with van der Waals surface area (Å²) in [6, 6.07) is -0.246. The lowest BCUT2D eigenvalue weighted by Gasteiger charge is -2.10. The van der Waals surface area contributed by atoms with Gasteiger partial charge in [-0.05, 0) is 12.8 Å². The maximum Gasteiger partial charge on any atom is 0.314 e. The Balaban J connectivity index is 2.00. The minimum atomic E-state index is -0.246. The van der Waals surface area contributed by atoms with E-state index in [0.717, 1.165) is 19.4 Å². The summed E-state index contributed by atoms with van der Waals surface area (Å²) in [6.45, 7) is 1.60. The lowest BCUT2D eigenvalue weighted by Crippen LogP contribution is -2.40.